The minimum atomic E-state index is 0.650. The van der Waals surface area contributed by atoms with E-state index < -0.39 is 0 Å². The molecule has 1 aromatic heterocycles. The summed E-state index contributed by atoms with van der Waals surface area (Å²) in [5.74, 6) is 1.54. The summed E-state index contributed by atoms with van der Waals surface area (Å²) in [6, 6.07) is 10.0. The van der Waals surface area contributed by atoms with Gasteiger partial charge in [0.2, 0.25) is 0 Å². The van der Waals surface area contributed by atoms with Crippen LogP contribution in [0.15, 0.2) is 40.8 Å². The van der Waals surface area contributed by atoms with E-state index in [-0.39, 0.29) is 0 Å². The van der Waals surface area contributed by atoms with Crippen LogP contribution in [-0.2, 0) is 0 Å². The molecule has 0 N–H and O–H groups in total. The summed E-state index contributed by atoms with van der Waals surface area (Å²) in [5, 5.41) is 1.14. The van der Waals surface area contributed by atoms with Gasteiger partial charge in [-0.2, -0.15) is 0 Å². The second-order valence-corrected chi connectivity index (χ2v) is 3.44. The van der Waals surface area contributed by atoms with Gasteiger partial charge in [0.1, 0.15) is 11.3 Å². The predicted octanol–water partition coefficient (Wildman–Crippen LogP) is 4.07. The maximum atomic E-state index is 5.58. The van der Waals surface area contributed by atoms with Gasteiger partial charge in [-0.3, -0.25) is 0 Å². The molecule has 0 saturated carbocycles. The van der Waals surface area contributed by atoms with Crippen LogP contribution in [0, 0.1) is 0 Å². The molecular weight excluding hydrogens is 196 g/mol. The van der Waals surface area contributed by atoms with E-state index in [1.807, 2.05) is 42.5 Å². The Kier molecular flexibility index (Phi) is 2.90. The minimum Gasteiger partial charge on any atom is -0.457 e. The van der Waals surface area contributed by atoms with Crippen molar-refractivity contribution in [3.05, 3.63) is 42.2 Å². The van der Waals surface area contributed by atoms with Crippen LogP contribution in [0.4, 0.5) is 0 Å². The van der Waals surface area contributed by atoms with Crippen molar-refractivity contribution < 1.29 is 4.42 Å². The zero-order chi connectivity index (χ0) is 9.80. The number of fused-ring (bicyclic) bond motifs is 1. The summed E-state index contributed by atoms with van der Waals surface area (Å²) < 4.78 is 5.58. The molecule has 0 amide bonds. The third kappa shape index (κ3) is 1.99. The summed E-state index contributed by atoms with van der Waals surface area (Å²) in [4.78, 5) is 0. The summed E-state index contributed by atoms with van der Waals surface area (Å²) >= 11 is 5.56. The molecule has 0 atom stereocenters. The maximum absolute atomic E-state index is 5.58. The first-order valence-electron chi connectivity index (χ1n) is 4.61. The highest BCUT2D eigenvalue weighted by Crippen LogP contribution is 2.19. The molecule has 0 spiro atoms. The van der Waals surface area contributed by atoms with Gasteiger partial charge in [0.25, 0.3) is 0 Å². The number of halogens is 1. The van der Waals surface area contributed by atoms with Crippen LogP contribution >= 0.6 is 11.6 Å². The monoisotopic (exact) mass is 206 g/mol. The SMILES string of the molecule is ClCC/C=C/c1cc2ccccc2o1. The van der Waals surface area contributed by atoms with Crippen LogP contribution in [0.2, 0.25) is 0 Å². The van der Waals surface area contributed by atoms with E-state index in [0.717, 1.165) is 23.2 Å². The van der Waals surface area contributed by atoms with Gasteiger partial charge in [-0.05, 0) is 24.6 Å². The standard InChI is InChI=1S/C12H11ClO/c13-8-4-3-6-11-9-10-5-1-2-7-12(10)14-11/h1-3,5-7,9H,4,8H2/b6-3+. The fourth-order valence-electron chi connectivity index (χ4n) is 1.35. The van der Waals surface area contributed by atoms with Crippen molar-refractivity contribution in [2.75, 3.05) is 5.88 Å². The molecular formula is C12H11ClO. The number of hydrogen-bond donors (Lipinski definition) is 0. The first kappa shape index (κ1) is 9.35. The number of furan rings is 1. The summed E-state index contributed by atoms with van der Waals surface area (Å²) in [6.07, 6.45) is 4.85. The topological polar surface area (TPSA) is 13.1 Å². The molecule has 0 aliphatic rings. The number of benzene rings is 1. The molecule has 0 saturated heterocycles. The van der Waals surface area contributed by atoms with Gasteiger partial charge in [-0.1, -0.05) is 24.3 Å². The molecule has 2 aromatic rings. The zero-order valence-corrected chi connectivity index (χ0v) is 8.50. The van der Waals surface area contributed by atoms with Crippen molar-refractivity contribution >= 4 is 28.6 Å². The lowest BCUT2D eigenvalue weighted by Crippen LogP contribution is -1.66. The second-order valence-electron chi connectivity index (χ2n) is 3.07. The number of rotatable bonds is 3. The van der Waals surface area contributed by atoms with Crippen molar-refractivity contribution in [3.8, 4) is 0 Å². The molecule has 0 aliphatic heterocycles. The largest absolute Gasteiger partial charge is 0.457 e. The maximum Gasteiger partial charge on any atom is 0.134 e. The van der Waals surface area contributed by atoms with Crippen LogP contribution in [-0.4, -0.2) is 5.88 Å². The van der Waals surface area contributed by atoms with Gasteiger partial charge in [0, 0.05) is 11.3 Å². The average molecular weight is 207 g/mol. The lowest BCUT2D eigenvalue weighted by molar-refractivity contribution is 0.604. The van der Waals surface area contributed by atoms with Crippen LogP contribution in [0.1, 0.15) is 12.2 Å². The normalized spacial score (nSPS) is 11.5. The smallest absolute Gasteiger partial charge is 0.134 e. The van der Waals surface area contributed by atoms with Crippen molar-refractivity contribution in [2.45, 2.75) is 6.42 Å². The highest BCUT2D eigenvalue weighted by molar-refractivity contribution is 6.17. The Morgan fingerprint density at radius 2 is 2.14 bits per heavy atom. The van der Waals surface area contributed by atoms with E-state index in [1.165, 1.54) is 0 Å². The highest BCUT2D eigenvalue weighted by atomic mass is 35.5. The number of hydrogen-bond acceptors (Lipinski definition) is 1. The quantitative estimate of drug-likeness (QED) is 0.690. The fourth-order valence-corrected chi connectivity index (χ4v) is 1.47. The number of alkyl halides is 1. The molecule has 2 heteroatoms. The molecule has 1 aromatic carbocycles. The number of allylic oxidation sites excluding steroid dienone is 1. The van der Waals surface area contributed by atoms with Crippen molar-refractivity contribution in [1.82, 2.24) is 0 Å². The summed E-state index contributed by atoms with van der Waals surface area (Å²) in [7, 11) is 0. The van der Waals surface area contributed by atoms with Gasteiger partial charge in [0.15, 0.2) is 0 Å². The van der Waals surface area contributed by atoms with Gasteiger partial charge >= 0.3 is 0 Å². The van der Waals surface area contributed by atoms with Crippen molar-refractivity contribution in [2.24, 2.45) is 0 Å². The lowest BCUT2D eigenvalue weighted by Gasteiger charge is -1.84. The van der Waals surface area contributed by atoms with E-state index in [1.54, 1.807) is 0 Å². The molecule has 1 heterocycles. The molecule has 14 heavy (non-hydrogen) atoms. The molecule has 1 nitrogen and oxygen atoms in total. The molecule has 0 fully saturated rings. The zero-order valence-electron chi connectivity index (χ0n) is 7.74. The lowest BCUT2D eigenvalue weighted by atomic mass is 10.2. The molecule has 2 rings (SSSR count). The van der Waals surface area contributed by atoms with Crippen LogP contribution < -0.4 is 0 Å². The average Bonchev–Trinajstić information content (AvgIpc) is 2.60. The molecule has 0 radical (unpaired) electrons. The molecule has 72 valence electrons. The van der Waals surface area contributed by atoms with E-state index in [9.17, 15) is 0 Å². The van der Waals surface area contributed by atoms with Crippen molar-refractivity contribution in [3.63, 3.8) is 0 Å². The third-order valence-corrected chi connectivity index (χ3v) is 2.22. The van der Waals surface area contributed by atoms with Gasteiger partial charge in [-0.25, -0.2) is 0 Å². The first-order chi connectivity index (χ1) is 6.90. The Hall–Kier alpha value is -1.21. The van der Waals surface area contributed by atoms with Gasteiger partial charge in [-0.15, -0.1) is 11.6 Å². The fraction of sp³-hybridized carbons (Fsp3) is 0.167. The molecule has 0 unspecified atom stereocenters. The third-order valence-electron chi connectivity index (χ3n) is 2.00. The van der Waals surface area contributed by atoms with Crippen LogP contribution in [0.25, 0.3) is 17.0 Å². The first-order valence-corrected chi connectivity index (χ1v) is 5.14. The Balaban J connectivity index is 2.27. The highest BCUT2D eigenvalue weighted by Gasteiger charge is 1.98. The van der Waals surface area contributed by atoms with E-state index in [2.05, 4.69) is 0 Å². The van der Waals surface area contributed by atoms with Gasteiger partial charge in [0.05, 0.1) is 0 Å². The molecule has 0 aliphatic carbocycles. The second kappa shape index (κ2) is 4.34. The predicted molar refractivity (Wildman–Crippen MR) is 60.6 cm³/mol. The van der Waals surface area contributed by atoms with Crippen LogP contribution in [0.3, 0.4) is 0 Å². The Morgan fingerprint density at radius 1 is 1.29 bits per heavy atom. The Bertz CT molecular complexity index is 409. The molecule has 0 bridgehead atoms. The van der Waals surface area contributed by atoms with E-state index in [4.69, 9.17) is 16.0 Å². The van der Waals surface area contributed by atoms with Crippen molar-refractivity contribution in [1.29, 1.82) is 0 Å². The van der Waals surface area contributed by atoms with E-state index >= 15 is 0 Å². The minimum absolute atomic E-state index is 0.650. The number of para-hydroxylation sites is 1. The Morgan fingerprint density at radius 3 is 2.93 bits per heavy atom. The van der Waals surface area contributed by atoms with Crippen LogP contribution in [0.5, 0.6) is 0 Å². The van der Waals surface area contributed by atoms with Gasteiger partial charge < -0.3 is 4.42 Å². The summed E-state index contributed by atoms with van der Waals surface area (Å²) in [6.45, 7) is 0. The Labute approximate surface area is 88.0 Å². The van der Waals surface area contributed by atoms with E-state index in [0.29, 0.717) is 5.88 Å². The summed E-state index contributed by atoms with van der Waals surface area (Å²) in [5.41, 5.74) is 0.929.